The van der Waals surface area contributed by atoms with E-state index in [-0.39, 0.29) is 18.2 Å². The van der Waals surface area contributed by atoms with Crippen LogP contribution >= 0.6 is 12.6 Å². The van der Waals surface area contributed by atoms with Gasteiger partial charge in [-0.3, -0.25) is 4.79 Å². The van der Waals surface area contributed by atoms with Crippen LogP contribution in [0.4, 0.5) is 0 Å². The number of methoxy groups -OCH3 is 1. The van der Waals surface area contributed by atoms with Crippen molar-refractivity contribution in [1.29, 1.82) is 0 Å². The summed E-state index contributed by atoms with van der Waals surface area (Å²) in [6.07, 6.45) is 0.250. The van der Waals surface area contributed by atoms with Crippen molar-refractivity contribution in [2.24, 2.45) is 0 Å². The first-order valence-corrected chi connectivity index (χ1v) is 3.66. The Morgan fingerprint density at radius 3 is 2.17 bits per heavy atom. The molecule has 0 rings (SSSR count). The Kier molecular flexibility index (Phi) is 11.6. The molecule has 6 heteroatoms. The summed E-state index contributed by atoms with van der Waals surface area (Å²) in [6, 6.07) is -0.279. The lowest BCUT2D eigenvalue weighted by Gasteiger charge is -2.08. The Balaban J connectivity index is 0. The van der Waals surface area contributed by atoms with Gasteiger partial charge in [0.15, 0.2) is 0 Å². The van der Waals surface area contributed by atoms with Crippen LogP contribution in [-0.4, -0.2) is 38.1 Å². The minimum atomic E-state index is -0.279. The topological polar surface area (TPSA) is 72.5 Å². The van der Waals surface area contributed by atoms with Gasteiger partial charge in [0.2, 0.25) is 0 Å². The van der Waals surface area contributed by atoms with Gasteiger partial charge in [-0.25, -0.2) is 0 Å². The molecule has 0 aliphatic heterocycles. The lowest BCUT2D eigenvalue weighted by atomic mass is 10.3. The molecule has 0 aliphatic rings. The largest absolute Gasteiger partial charge is 0.468 e. The van der Waals surface area contributed by atoms with Gasteiger partial charge < -0.3 is 10.1 Å². The van der Waals surface area contributed by atoms with E-state index in [2.05, 4.69) is 22.7 Å². The first-order chi connectivity index (χ1) is 5.67. The fraction of sp³-hybridized carbons (Fsp3) is 0.667. The van der Waals surface area contributed by atoms with E-state index in [0.717, 1.165) is 0 Å². The number of hydrogen-bond donors (Lipinski definition) is 2. The minimum absolute atomic E-state index is 0.250. The number of carbonyl (C=O) groups excluding carboxylic acids is 3. The first kappa shape index (κ1) is 13.7. The van der Waals surface area contributed by atoms with Gasteiger partial charge in [0, 0.05) is 5.75 Å². The predicted octanol–water partition coefficient (Wildman–Crippen LogP) is -0.906. The van der Waals surface area contributed by atoms with E-state index in [0.29, 0.717) is 5.75 Å². The van der Waals surface area contributed by atoms with E-state index in [1.165, 1.54) is 7.11 Å². The second kappa shape index (κ2) is 10.2. The SMILES string of the molecule is CN[C@@H](CS)C(=O)OC.O=C=O. The zero-order valence-corrected chi connectivity index (χ0v) is 7.76. The predicted molar refractivity (Wildman–Crippen MR) is 43.7 cm³/mol. The highest BCUT2D eigenvalue weighted by atomic mass is 32.1. The van der Waals surface area contributed by atoms with Gasteiger partial charge >= 0.3 is 12.1 Å². The van der Waals surface area contributed by atoms with Gasteiger partial charge in [-0.05, 0) is 7.05 Å². The van der Waals surface area contributed by atoms with Gasteiger partial charge in [0.25, 0.3) is 0 Å². The molecule has 0 saturated heterocycles. The van der Waals surface area contributed by atoms with Crippen LogP contribution in [0.3, 0.4) is 0 Å². The Bertz CT molecular complexity index is 152. The summed E-state index contributed by atoms with van der Waals surface area (Å²) in [5.41, 5.74) is 0. The van der Waals surface area contributed by atoms with Gasteiger partial charge in [-0.1, -0.05) is 0 Å². The highest BCUT2D eigenvalue weighted by Crippen LogP contribution is 1.88. The maximum absolute atomic E-state index is 10.6. The van der Waals surface area contributed by atoms with Gasteiger partial charge in [0.05, 0.1) is 7.11 Å². The number of carbonyl (C=O) groups is 1. The van der Waals surface area contributed by atoms with E-state index in [4.69, 9.17) is 9.59 Å². The summed E-state index contributed by atoms with van der Waals surface area (Å²) < 4.78 is 4.44. The Labute approximate surface area is 75.9 Å². The molecular formula is C6H11NO4S. The maximum Gasteiger partial charge on any atom is 0.373 e. The molecule has 0 fully saturated rings. The molecule has 1 N–H and O–H groups in total. The Morgan fingerprint density at radius 2 is 2.08 bits per heavy atom. The van der Waals surface area contributed by atoms with Crippen LogP contribution < -0.4 is 5.32 Å². The quantitative estimate of drug-likeness (QED) is 0.448. The fourth-order valence-electron chi connectivity index (χ4n) is 0.426. The first-order valence-electron chi connectivity index (χ1n) is 3.03. The highest BCUT2D eigenvalue weighted by Gasteiger charge is 2.13. The van der Waals surface area contributed by atoms with Crippen LogP contribution in [0.25, 0.3) is 0 Å². The minimum Gasteiger partial charge on any atom is -0.468 e. The normalized spacial score (nSPS) is 10.2. The lowest BCUT2D eigenvalue weighted by Crippen LogP contribution is -2.36. The van der Waals surface area contributed by atoms with Crippen LogP contribution in [0.5, 0.6) is 0 Å². The lowest BCUT2D eigenvalue weighted by molar-refractivity contribution is -0.191. The van der Waals surface area contributed by atoms with E-state index in [1.54, 1.807) is 7.05 Å². The third-order valence-corrected chi connectivity index (χ3v) is 1.38. The zero-order chi connectivity index (χ0) is 9.98. The van der Waals surface area contributed by atoms with Crippen molar-refractivity contribution < 1.29 is 19.1 Å². The molecule has 70 valence electrons. The third-order valence-electron chi connectivity index (χ3n) is 1.02. The zero-order valence-electron chi connectivity index (χ0n) is 6.86. The molecule has 0 aromatic carbocycles. The standard InChI is InChI=1S/C5H11NO2S.CO2/c1-6-4(3-9)5(7)8-2;2-1-3/h4,6,9H,3H2,1-2H3;/t4-;/m0./s1. The number of likely N-dealkylation sites (N-methyl/N-ethyl adjacent to an activating group) is 1. The van der Waals surface area contributed by atoms with Crippen LogP contribution in [-0.2, 0) is 19.1 Å². The fourth-order valence-corrected chi connectivity index (χ4v) is 0.758. The monoisotopic (exact) mass is 193 g/mol. The smallest absolute Gasteiger partial charge is 0.373 e. The van der Waals surface area contributed by atoms with Crippen molar-refractivity contribution in [3.63, 3.8) is 0 Å². The second-order valence-electron chi connectivity index (χ2n) is 1.63. The van der Waals surface area contributed by atoms with Crippen LogP contribution in [0.2, 0.25) is 0 Å². The van der Waals surface area contributed by atoms with E-state index < -0.39 is 0 Å². The number of hydrogen-bond acceptors (Lipinski definition) is 6. The molecule has 1 atom stereocenters. The number of nitrogens with one attached hydrogen (secondary N) is 1. The van der Waals surface area contributed by atoms with Gasteiger partial charge in [0.1, 0.15) is 6.04 Å². The average molecular weight is 193 g/mol. The number of thiol groups is 1. The van der Waals surface area contributed by atoms with Crippen molar-refractivity contribution in [2.45, 2.75) is 6.04 Å². The van der Waals surface area contributed by atoms with Crippen molar-refractivity contribution in [1.82, 2.24) is 5.32 Å². The molecule has 0 heterocycles. The van der Waals surface area contributed by atoms with Crippen molar-refractivity contribution in [2.75, 3.05) is 19.9 Å². The molecule has 0 aromatic heterocycles. The van der Waals surface area contributed by atoms with Crippen molar-refractivity contribution in [3.05, 3.63) is 0 Å². The third kappa shape index (κ3) is 7.27. The average Bonchev–Trinajstić information content (AvgIpc) is 2.08. The van der Waals surface area contributed by atoms with Gasteiger partial charge in [-0.2, -0.15) is 22.2 Å². The molecule has 0 aromatic rings. The molecule has 0 unspecified atom stereocenters. The molecule has 0 saturated carbocycles. The molecule has 0 aliphatic carbocycles. The van der Waals surface area contributed by atoms with Crippen molar-refractivity contribution >= 4 is 24.7 Å². The molecule has 0 bridgehead atoms. The summed E-state index contributed by atoms with van der Waals surface area (Å²) >= 11 is 3.93. The summed E-state index contributed by atoms with van der Waals surface area (Å²) in [4.78, 5) is 26.9. The molecule has 0 spiro atoms. The summed E-state index contributed by atoms with van der Waals surface area (Å²) in [5.74, 6) is 0.191. The van der Waals surface area contributed by atoms with Crippen LogP contribution in [0, 0.1) is 0 Å². The molecule has 12 heavy (non-hydrogen) atoms. The van der Waals surface area contributed by atoms with Gasteiger partial charge in [-0.15, -0.1) is 0 Å². The van der Waals surface area contributed by atoms with Crippen LogP contribution in [0.1, 0.15) is 0 Å². The summed E-state index contributed by atoms with van der Waals surface area (Å²) in [7, 11) is 3.05. The summed E-state index contributed by atoms with van der Waals surface area (Å²) in [5, 5.41) is 2.75. The molecule has 5 nitrogen and oxygen atoms in total. The van der Waals surface area contributed by atoms with E-state index >= 15 is 0 Å². The number of esters is 1. The van der Waals surface area contributed by atoms with Crippen molar-refractivity contribution in [3.8, 4) is 0 Å². The maximum atomic E-state index is 10.6. The number of ether oxygens (including phenoxy) is 1. The van der Waals surface area contributed by atoms with Crippen LogP contribution in [0.15, 0.2) is 0 Å². The highest BCUT2D eigenvalue weighted by molar-refractivity contribution is 7.80. The Hall–Kier alpha value is -0.840. The van der Waals surface area contributed by atoms with E-state index in [9.17, 15) is 4.79 Å². The second-order valence-corrected chi connectivity index (χ2v) is 2.00. The van der Waals surface area contributed by atoms with E-state index in [1.807, 2.05) is 0 Å². The molecular weight excluding hydrogens is 182 g/mol. The Morgan fingerprint density at radius 1 is 1.67 bits per heavy atom. The number of rotatable bonds is 3. The molecule has 0 radical (unpaired) electrons. The summed E-state index contributed by atoms with van der Waals surface area (Å²) in [6.45, 7) is 0. The molecule has 0 amide bonds.